The van der Waals surface area contributed by atoms with Gasteiger partial charge in [-0.05, 0) is 23.9 Å². The third-order valence-corrected chi connectivity index (χ3v) is 5.36. The number of anilines is 1. The first-order valence-corrected chi connectivity index (χ1v) is 8.13. The molecule has 0 aliphatic rings. The number of primary amides is 1. The van der Waals surface area contributed by atoms with Gasteiger partial charge in [0.1, 0.15) is 5.52 Å². The number of rotatable bonds is 5. The standard InChI is InChI=1S/C14H14N4OS2/c1-8-11(5-12(15)19)21-14-10(7-17-18-13(8)14)16-6-9-3-2-4-20-9/h2-4,7H,5-6H2,1H3,(H2,15,19)(H,16,18). The summed E-state index contributed by atoms with van der Waals surface area (Å²) in [6.07, 6.45) is 1.97. The second kappa shape index (κ2) is 5.79. The van der Waals surface area contributed by atoms with Crippen LogP contribution in [0.15, 0.2) is 23.7 Å². The summed E-state index contributed by atoms with van der Waals surface area (Å²) in [5.74, 6) is -0.328. The maximum Gasteiger partial charge on any atom is 0.222 e. The van der Waals surface area contributed by atoms with E-state index in [0.717, 1.165) is 32.9 Å². The number of thiophene rings is 2. The molecule has 0 saturated carbocycles. The van der Waals surface area contributed by atoms with Crippen molar-refractivity contribution in [2.75, 3.05) is 5.32 Å². The largest absolute Gasteiger partial charge is 0.378 e. The lowest BCUT2D eigenvalue weighted by molar-refractivity contribution is -0.117. The Morgan fingerprint density at radius 1 is 1.48 bits per heavy atom. The summed E-state index contributed by atoms with van der Waals surface area (Å²) in [5.41, 5.74) is 8.06. The summed E-state index contributed by atoms with van der Waals surface area (Å²) in [6.45, 7) is 2.70. The van der Waals surface area contributed by atoms with Crippen molar-refractivity contribution in [3.05, 3.63) is 39.0 Å². The summed E-state index contributed by atoms with van der Waals surface area (Å²) in [4.78, 5) is 13.4. The van der Waals surface area contributed by atoms with E-state index in [1.165, 1.54) is 4.88 Å². The number of nitrogens with zero attached hydrogens (tertiary/aromatic N) is 2. The molecule has 7 heteroatoms. The number of nitrogens with two attached hydrogens (primary N) is 1. The molecule has 0 spiro atoms. The minimum absolute atomic E-state index is 0.247. The number of fused-ring (bicyclic) bond motifs is 1. The van der Waals surface area contributed by atoms with Gasteiger partial charge in [0.05, 0.1) is 23.0 Å². The Morgan fingerprint density at radius 3 is 3.05 bits per heavy atom. The fraction of sp³-hybridized carbons (Fsp3) is 0.214. The van der Waals surface area contributed by atoms with Gasteiger partial charge >= 0.3 is 0 Å². The lowest BCUT2D eigenvalue weighted by atomic mass is 10.2. The van der Waals surface area contributed by atoms with Crippen LogP contribution in [-0.4, -0.2) is 16.1 Å². The van der Waals surface area contributed by atoms with Gasteiger partial charge in [0.2, 0.25) is 5.91 Å². The molecule has 108 valence electrons. The molecule has 0 aliphatic heterocycles. The quantitative estimate of drug-likeness (QED) is 0.758. The maximum absolute atomic E-state index is 11.1. The highest BCUT2D eigenvalue weighted by atomic mass is 32.1. The number of amides is 1. The highest BCUT2D eigenvalue weighted by molar-refractivity contribution is 7.20. The highest BCUT2D eigenvalue weighted by Crippen LogP contribution is 2.34. The minimum Gasteiger partial charge on any atom is -0.378 e. The molecule has 0 radical (unpaired) electrons. The Labute approximate surface area is 129 Å². The van der Waals surface area contributed by atoms with E-state index in [0.29, 0.717) is 0 Å². The van der Waals surface area contributed by atoms with Crippen LogP contribution in [0.5, 0.6) is 0 Å². The van der Waals surface area contributed by atoms with E-state index in [-0.39, 0.29) is 12.3 Å². The minimum atomic E-state index is -0.328. The molecule has 0 fully saturated rings. The van der Waals surface area contributed by atoms with Crippen LogP contribution in [0.3, 0.4) is 0 Å². The molecule has 1 amide bonds. The Bertz CT molecular complexity index is 780. The van der Waals surface area contributed by atoms with Gasteiger partial charge in [-0.3, -0.25) is 4.79 Å². The zero-order valence-electron chi connectivity index (χ0n) is 11.4. The van der Waals surface area contributed by atoms with Crippen molar-refractivity contribution in [1.29, 1.82) is 0 Å². The molecule has 0 aromatic carbocycles. The third kappa shape index (κ3) is 2.88. The zero-order chi connectivity index (χ0) is 14.8. The van der Waals surface area contributed by atoms with E-state index < -0.39 is 0 Å². The molecule has 3 aromatic rings. The van der Waals surface area contributed by atoms with Gasteiger partial charge in [0.15, 0.2) is 0 Å². The van der Waals surface area contributed by atoms with E-state index in [1.54, 1.807) is 28.9 Å². The van der Waals surface area contributed by atoms with E-state index in [1.807, 2.05) is 13.0 Å². The molecule has 0 atom stereocenters. The van der Waals surface area contributed by atoms with Crippen molar-refractivity contribution in [2.24, 2.45) is 5.73 Å². The van der Waals surface area contributed by atoms with Crippen molar-refractivity contribution in [3.63, 3.8) is 0 Å². The van der Waals surface area contributed by atoms with E-state index in [4.69, 9.17) is 5.73 Å². The molecule has 3 heterocycles. The summed E-state index contributed by atoms with van der Waals surface area (Å²) < 4.78 is 1.02. The van der Waals surface area contributed by atoms with Gasteiger partial charge in [-0.2, -0.15) is 5.10 Å². The number of hydrogen-bond donors (Lipinski definition) is 2. The molecule has 5 nitrogen and oxygen atoms in total. The Hall–Kier alpha value is -1.99. The van der Waals surface area contributed by atoms with Crippen molar-refractivity contribution >= 4 is 44.5 Å². The number of carbonyl (C=O) groups is 1. The van der Waals surface area contributed by atoms with Gasteiger partial charge in [0, 0.05) is 16.3 Å². The number of carbonyl (C=O) groups excluding carboxylic acids is 1. The molecule has 3 N–H and O–H groups in total. The first kappa shape index (κ1) is 14.0. The normalized spacial score (nSPS) is 10.9. The van der Waals surface area contributed by atoms with Crippen LogP contribution >= 0.6 is 22.7 Å². The Morgan fingerprint density at radius 2 is 2.33 bits per heavy atom. The van der Waals surface area contributed by atoms with Gasteiger partial charge in [0.25, 0.3) is 0 Å². The van der Waals surface area contributed by atoms with E-state index >= 15 is 0 Å². The first-order chi connectivity index (χ1) is 10.1. The summed E-state index contributed by atoms with van der Waals surface area (Å²) >= 11 is 3.26. The molecular weight excluding hydrogens is 304 g/mol. The van der Waals surface area contributed by atoms with Crippen molar-refractivity contribution in [3.8, 4) is 0 Å². The highest BCUT2D eigenvalue weighted by Gasteiger charge is 2.15. The van der Waals surface area contributed by atoms with E-state index in [9.17, 15) is 4.79 Å². The van der Waals surface area contributed by atoms with Crippen LogP contribution in [0.25, 0.3) is 10.2 Å². The fourth-order valence-electron chi connectivity index (χ4n) is 2.10. The monoisotopic (exact) mass is 318 g/mol. The number of aromatic nitrogens is 2. The number of hydrogen-bond acceptors (Lipinski definition) is 6. The van der Waals surface area contributed by atoms with Gasteiger partial charge < -0.3 is 11.1 Å². The second-order valence-corrected chi connectivity index (χ2v) is 6.80. The predicted octanol–water partition coefficient (Wildman–Crippen LogP) is 2.70. The van der Waals surface area contributed by atoms with Crippen LogP contribution in [0, 0.1) is 6.92 Å². The van der Waals surface area contributed by atoms with Crippen molar-refractivity contribution < 1.29 is 4.79 Å². The van der Waals surface area contributed by atoms with Crippen LogP contribution in [0.2, 0.25) is 0 Å². The number of nitrogens with one attached hydrogen (secondary N) is 1. The van der Waals surface area contributed by atoms with Crippen LogP contribution < -0.4 is 11.1 Å². The molecular formula is C14H14N4OS2. The second-order valence-electron chi connectivity index (χ2n) is 4.66. The Kier molecular flexibility index (Phi) is 3.85. The molecule has 21 heavy (non-hydrogen) atoms. The lowest BCUT2D eigenvalue weighted by Crippen LogP contribution is -2.13. The predicted molar refractivity (Wildman–Crippen MR) is 86.7 cm³/mol. The smallest absolute Gasteiger partial charge is 0.222 e. The zero-order valence-corrected chi connectivity index (χ0v) is 13.1. The molecule has 3 aromatic heterocycles. The first-order valence-electron chi connectivity index (χ1n) is 6.43. The summed E-state index contributed by atoms with van der Waals surface area (Å²) in [5, 5.41) is 13.7. The van der Waals surface area contributed by atoms with Crippen LogP contribution in [-0.2, 0) is 17.8 Å². The molecule has 0 aliphatic carbocycles. The average Bonchev–Trinajstić information content (AvgIpc) is 3.06. The summed E-state index contributed by atoms with van der Waals surface area (Å²) in [7, 11) is 0. The van der Waals surface area contributed by atoms with Crippen molar-refractivity contribution in [2.45, 2.75) is 19.9 Å². The van der Waals surface area contributed by atoms with Crippen LogP contribution in [0.4, 0.5) is 5.69 Å². The molecule has 0 bridgehead atoms. The Balaban J connectivity index is 1.93. The molecule has 3 rings (SSSR count). The lowest BCUT2D eigenvalue weighted by Gasteiger charge is -2.04. The number of aryl methyl sites for hydroxylation is 1. The fourth-order valence-corrected chi connectivity index (χ4v) is 3.99. The van der Waals surface area contributed by atoms with Gasteiger partial charge in [-0.15, -0.1) is 27.8 Å². The van der Waals surface area contributed by atoms with Crippen LogP contribution in [0.1, 0.15) is 15.3 Å². The van der Waals surface area contributed by atoms with Crippen molar-refractivity contribution in [1.82, 2.24) is 10.2 Å². The topological polar surface area (TPSA) is 80.9 Å². The SMILES string of the molecule is Cc1c(CC(N)=O)sc2c(NCc3cccs3)cnnc12. The third-order valence-electron chi connectivity index (χ3n) is 3.17. The summed E-state index contributed by atoms with van der Waals surface area (Å²) in [6, 6.07) is 4.12. The maximum atomic E-state index is 11.1. The van der Waals surface area contributed by atoms with Gasteiger partial charge in [-0.1, -0.05) is 6.07 Å². The average molecular weight is 318 g/mol. The molecule has 0 unspecified atom stereocenters. The van der Waals surface area contributed by atoms with E-state index in [2.05, 4.69) is 27.0 Å². The molecule has 0 saturated heterocycles. The van der Waals surface area contributed by atoms with Gasteiger partial charge in [-0.25, -0.2) is 0 Å².